The summed E-state index contributed by atoms with van der Waals surface area (Å²) in [7, 11) is 0. The molecule has 2 saturated carbocycles. The monoisotopic (exact) mass is 180 g/mol. The molecule has 2 aliphatic carbocycles. The number of carbonyl (C=O) groups is 1. The first-order valence-electron chi connectivity index (χ1n) is 5.70. The third kappa shape index (κ3) is 1.95. The molecule has 0 aliphatic heterocycles. The van der Waals surface area contributed by atoms with Gasteiger partial charge in [0.1, 0.15) is 5.78 Å². The van der Waals surface area contributed by atoms with Crippen LogP contribution in [0.1, 0.15) is 46.0 Å². The summed E-state index contributed by atoms with van der Waals surface area (Å²) in [5.74, 6) is 3.80. The Labute approximate surface area is 80.9 Å². The standard InChI is InChI=1S/C12H20O/c1-8(2)11-6-5-10(13)7-12(11)9-3-4-9/h8-9,11-12H,3-7H2,1-2H3. The highest BCUT2D eigenvalue weighted by atomic mass is 16.1. The van der Waals surface area contributed by atoms with Crippen molar-refractivity contribution >= 4 is 5.78 Å². The topological polar surface area (TPSA) is 17.1 Å². The van der Waals surface area contributed by atoms with Crippen molar-refractivity contribution in [1.29, 1.82) is 0 Å². The van der Waals surface area contributed by atoms with Crippen molar-refractivity contribution in [3.05, 3.63) is 0 Å². The Kier molecular flexibility index (Phi) is 2.44. The lowest BCUT2D eigenvalue weighted by atomic mass is 9.71. The molecule has 0 saturated heterocycles. The molecule has 2 fully saturated rings. The summed E-state index contributed by atoms with van der Waals surface area (Å²) in [4.78, 5) is 11.4. The Morgan fingerprint density at radius 3 is 2.46 bits per heavy atom. The zero-order chi connectivity index (χ0) is 9.42. The van der Waals surface area contributed by atoms with E-state index in [2.05, 4.69) is 13.8 Å². The molecule has 2 atom stereocenters. The van der Waals surface area contributed by atoms with Gasteiger partial charge in [-0.25, -0.2) is 0 Å². The molecule has 2 rings (SSSR count). The first-order valence-corrected chi connectivity index (χ1v) is 5.70. The quantitative estimate of drug-likeness (QED) is 0.638. The zero-order valence-corrected chi connectivity index (χ0v) is 8.75. The maximum absolute atomic E-state index is 11.4. The van der Waals surface area contributed by atoms with E-state index in [0.29, 0.717) is 5.78 Å². The molecule has 2 aliphatic rings. The van der Waals surface area contributed by atoms with Crippen LogP contribution in [-0.2, 0) is 4.79 Å². The molecule has 1 nitrogen and oxygen atoms in total. The van der Waals surface area contributed by atoms with Gasteiger partial charge in [0.2, 0.25) is 0 Å². The molecule has 0 aromatic rings. The smallest absolute Gasteiger partial charge is 0.133 e. The van der Waals surface area contributed by atoms with Gasteiger partial charge in [-0.15, -0.1) is 0 Å². The Morgan fingerprint density at radius 1 is 1.23 bits per heavy atom. The summed E-state index contributed by atoms with van der Waals surface area (Å²) in [6.07, 6.45) is 5.69. The van der Waals surface area contributed by atoms with Crippen molar-refractivity contribution in [2.45, 2.75) is 46.0 Å². The minimum atomic E-state index is 0.522. The Morgan fingerprint density at radius 2 is 1.92 bits per heavy atom. The average molecular weight is 180 g/mol. The van der Waals surface area contributed by atoms with Crippen LogP contribution in [0.15, 0.2) is 0 Å². The van der Waals surface area contributed by atoms with Crippen molar-refractivity contribution in [1.82, 2.24) is 0 Å². The molecule has 0 radical (unpaired) electrons. The second-order valence-corrected chi connectivity index (χ2v) is 5.19. The van der Waals surface area contributed by atoms with E-state index < -0.39 is 0 Å². The molecule has 0 aromatic heterocycles. The van der Waals surface area contributed by atoms with E-state index >= 15 is 0 Å². The second kappa shape index (κ2) is 3.43. The van der Waals surface area contributed by atoms with Crippen molar-refractivity contribution in [2.24, 2.45) is 23.7 Å². The number of hydrogen-bond donors (Lipinski definition) is 0. The van der Waals surface area contributed by atoms with Gasteiger partial charge in [-0.3, -0.25) is 4.79 Å². The number of hydrogen-bond acceptors (Lipinski definition) is 1. The Hall–Kier alpha value is -0.330. The largest absolute Gasteiger partial charge is 0.300 e. The fourth-order valence-corrected chi connectivity index (χ4v) is 2.93. The van der Waals surface area contributed by atoms with Crippen LogP contribution in [0.3, 0.4) is 0 Å². The van der Waals surface area contributed by atoms with Gasteiger partial charge < -0.3 is 0 Å². The third-order valence-corrected chi connectivity index (χ3v) is 3.85. The molecule has 1 heteroatoms. The summed E-state index contributed by atoms with van der Waals surface area (Å²) in [6, 6.07) is 0. The fraction of sp³-hybridized carbons (Fsp3) is 0.917. The maximum atomic E-state index is 11.4. The molecular weight excluding hydrogens is 160 g/mol. The van der Waals surface area contributed by atoms with Crippen molar-refractivity contribution in [2.75, 3.05) is 0 Å². The van der Waals surface area contributed by atoms with Gasteiger partial charge in [0, 0.05) is 12.8 Å². The van der Waals surface area contributed by atoms with Gasteiger partial charge >= 0.3 is 0 Å². The van der Waals surface area contributed by atoms with Crippen LogP contribution >= 0.6 is 0 Å². The van der Waals surface area contributed by atoms with E-state index in [-0.39, 0.29) is 0 Å². The van der Waals surface area contributed by atoms with E-state index in [9.17, 15) is 4.79 Å². The number of Topliss-reactive ketones (excluding diaryl/α,β-unsaturated/α-hetero) is 1. The molecule has 13 heavy (non-hydrogen) atoms. The molecule has 0 N–H and O–H groups in total. The molecule has 0 aromatic carbocycles. The molecule has 2 unspecified atom stereocenters. The van der Waals surface area contributed by atoms with Crippen LogP contribution in [0.25, 0.3) is 0 Å². The van der Waals surface area contributed by atoms with Gasteiger partial charge in [-0.1, -0.05) is 13.8 Å². The average Bonchev–Trinajstić information content (AvgIpc) is 2.85. The van der Waals surface area contributed by atoms with Crippen LogP contribution in [0, 0.1) is 23.7 Å². The van der Waals surface area contributed by atoms with Crippen LogP contribution < -0.4 is 0 Å². The zero-order valence-electron chi connectivity index (χ0n) is 8.75. The molecule has 0 amide bonds. The first kappa shape index (κ1) is 9.23. The number of carbonyl (C=O) groups excluding carboxylic acids is 1. The summed E-state index contributed by atoms with van der Waals surface area (Å²) < 4.78 is 0. The molecule has 74 valence electrons. The fourth-order valence-electron chi connectivity index (χ4n) is 2.93. The molecular formula is C12H20O. The van der Waals surface area contributed by atoms with Crippen LogP contribution in [0.5, 0.6) is 0 Å². The first-order chi connectivity index (χ1) is 6.18. The van der Waals surface area contributed by atoms with E-state index in [0.717, 1.165) is 42.9 Å². The van der Waals surface area contributed by atoms with E-state index in [4.69, 9.17) is 0 Å². The van der Waals surface area contributed by atoms with Gasteiger partial charge in [0.25, 0.3) is 0 Å². The predicted octanol–water partition coefficient (Wildman–Crippen LogP) is 3.04. The molecule has 0 spiro atoms. The molecule has 0 bridgehead atoms. The summed E-state index contributed by atoms with van der Waals surface area (Å²) in [5.41, 5.74) is 0. The highest BCUT2D eigenvalue weighted by Crippen LogP contribution is 2.47. The van der Waals surface area contributed by atoms with Crippen LogP contribution in [0.2, 0.25) is 0 Å². The minimum absolute atomic E-state index is 0.522. The lowest BCUT2D eigenvalue weighted by Gasteiger charge is -2.33. The normalized spacial score (nSPS) is 35.5. The summed E-state index contributed by atoms with van der Waals surface area (Å²) in [6.45, 7) is 4.63. The van der Waals surface area contributed by atoms with Crippen LogP contribution in [0.4, 0.5) is 0 Å². The van der Waals surface area contributed by atoms with Gasteiger partial charge in [-0.2, -0.15) is 0 Å². The van der Waals surface area contributed by atoms with Gasteiger partial charge in [0.05, 0.1) is 0 Å². The Balaban J connectivity index is 2.02. The van der Waals surface area contributed by atoms with Gasteiger partial charge in [0.15, 0.2) is 0 Å². The third-order valence-electron chi connectivity index (χ3n) is 3.85. The minimum Gasteiger partial charge on any atom is -0.300 e. The lowest BCUT2D eigenvalue weighted by Crippen LogP contribution is -2.29. The number of rotatable bonds is 2. The predicted molar refractivity (Wildman–Crippen MR) is 53.4 cm³/mol. The van der Waals surface area contributed by atoms with E-state index in [1.54, 1.807) is 0 Å². The van der Waals surface area contributed by atoms with Crippen LogP contribution in [-0.4, -0.2) is 5.78 Å². The van der Waals surface area contributed by atoms with Crippen molar-refractivity contribution < 1.29 is 4.79 Å². The van der Waals surface area contributed by atoms with Crippen molar-refractivity contribution in [3.8, 4) is 0 Å². The second-order valence-electron chi connectivity index (χ2n) is 5.19. The van der Waals surface area contributed by atoms with Crippen molar-refractivity contribution in [3.63, 3.8) is 0 Å². The van der Waals surface area contributed by atoms with Gasteiger partial charge in [-0.05, 0) is 42.9 Å². The summed E-state index contributed by atoms with van der Waals surface area (Å²) in [5, 5.41) is 0. The Bertz CT molecular complexity index is 203. The highest BCUT2D eigenvalue weighted by molar-refractivity contribution is 5.79. The maximum Gasteiger partial charge on any atom is 0.133 e. The number of ketones is 1. The van der Waals surface area contributed by atoms with E-state index in [1.165, 1.54) is 12.8 Å². The lowest BCUT2D eigenvalue weighted by molar-refractivity contribution is -0.123. The van der Waals surface area contributed by atoms with E-state index in [1.807, 2.05) is 0 Å². The molecule has 0 heterocycles. The SMILES string of the molecule is CC(C)C1CCC(=O)CC1C1CC1. The summed E-state index contributed by atoms with van der Waals surface area (Å²) >= 11 is 0. The highest BCUT2D eigenvalue weighted by Gasteiger charge is 2.40.